The Hall–Kier alpha value is -0.0800. The lowest BCUT2D eigenvalue weighted by atomic mass is 9.82. The van der Waals surface area contributed by atoms with E-state index in [1.165, 1.54) is 58.0 Å². The molecule has 1 aliphatic heterocycles. The highest BCUT2D eigenvalue weighted by atomic mass is 15.3. The van der Waals surface area contributed by atoms with E-state index in [1.807, 2.05) is 0 Å². The van der Waals surface area contributed by atoms with Gasteiger partial charge in [0.25, 0.3) is 0 Å². The van der Waals surface area contributed by atoms with Gasteiger partial charge < -0.3 is 5.32 Å². The fraction of sp³-hybridized carbons (Fsp3) is 1.00. The molecule has 19 heavy (non-hydrogen) atoms. The summed E-state index contributed by atoms with van der Waals surface area (Å²) in [5.41, 5.74) is 0.384. The zero-order valence-corrected chi connectivity index (χ0v) is 13.5. The van der Waals surface area contributed by atoms with E-state index in [0.29, 0.717) is 5.54 Å². The van der Waals surface area contributed by atoms with Gasteiger partial charge in [0.2, 0.25) is 0 Å². The van der Waals surface area contributed by atoms with Crippen molar-refractivity contribution in [1.82, 2.24) is 10.2 Å². The summed E-state index contributed by atoms with van der Waals surface area (Å²) < 4.78 is 0. The third kappa shape index (κ3) is 3.33. The van der Waals surface area contributed by atoms with E-state index >= 15 is 0 Å². The third-order valence-corrected chi connectivity index (χ3v) is 5.95. The lowest BCUT2D eigenvalue weighted by Crippen LogP contribution is -2.65. The molecule has 0 amide bonds. The molecule has 2 aliphatic rings. The maximum atomic E-state index is 3.87. The van der Waals surface area contributed by atoms with E-state index in [9.17, 15) is 0 Å². The van der Waals surface area contributed by atoms with Crippen LogP contribution in [0.2, 0.25) is 0 Å². The quantitative estimate of drug-likeness (QED) is 0.832. The molecule has 1 saturated heterocycles. The largest absolute Gasteiger partial charge is 0.308 e. The van der Waals surface area contributed by atoms with Crippen molar-refractivity contribution in [3.05, 3.63) is 0 Å². The van der Waals surface area contributed by atoms with Crippen LogP contribution in [0, 0.1) is 5.92 Å². The average molecular weight is 266 g/mol. The van der Waals surface area contributed by atoms with Crippen molar-refractivity contribution in [2.75, 3.05) is 13.1 Å². The molecule has 1 heterocycles. The number of piperazine rings is 1. The van der Waals surface area contributed by atoms with E-state index in [1.54, 1.807) is 0 Å². The summed E-state index contributed by atoms with van der Waals surface area (Å²) in [5, 5.41) is 3.87. The highest BCUT2D eigenvalue weighted by Gasteiger charge is 2.39. The van der Waals surface area contributed by atoms with Gasteiger partial charge in [-0.05, 0) is 50.9 Å². The monoisotopic (exact) mass is 266 g/mol. The Morgan fingerprint density at radius 1 is 1.05 bits per heavy atom. The van der Waals surface area contributed by atoms with Gasteiger partial charge >= 0.3 is 0 Å². The second-order valence-corrected chi connectivity index (χ2v) is 7.02. The van der Waals surface area contributed by atoms with Gasteiger partial charge in [0.05, 0.1) is 0 Å². The molecule has 2 fully saturated rings. The van der Waals surface area contributed by atoms with Crippen LogP contribution >= 0.6 is 0 Å². The molecule has 0 bridgehead atoms. The van der Waals surface area contributed by atoms with Crippen LogP contribution in [0.5, 0.6) is 0 Å². The number of hydrogen-bond donors (Lipinski definition) is 1. The van der Waals surface area contributed by atoms with Gasteiger partial charge in [0, 0.05) is 30.7 Å². The van der Waals surface area contributed by atoms with Crippen LogP contribution in [-0.2, 0) is 0 Å². The van der Waals surface area contributed by atoms with E-state index in [-0.39, 0.29) is 0 Å². The molecule has 0 aromatic rings. The van der Waals surface area contributed by atoms with Crippen molar-refractivity contribution in [2.45, 2.75) is 90.3 Å². The van der Waals surface area contributed by atoms with Crippen LogP contribution in [0.15, 0.2) is 0 Å². The van der Waals surface area contributed by atoms with E-state index in [0.717, 1.165) is 18.0 Å². The zero-order valence-electron chi connectivity index (χ0n) is 13.5. The van der Waals surface area contributed by atoms with Crippen molar-refractivity contribution in [3.63, 3.8) is 0 Å². The average Bonchev–Trinajstić information content (AvgIpc) is 2.47. The summed E-state index contributed by atoms with van der Waals surface area (Å²) in [6.45, 7) is 12.0. The highest BCUT2D eigenvalue weighted by Crippen LogP contribution is 2.32. The van der Waals surface area contributed by atoms with Crippen LogP contribution in [0.25, 0.3) is 0 Å². The number of hydrogen-bond acceptors (Lipinski definition) is 2. The maximum Gasteiger partial charge on any atom is 0.0304 e. The first-order chi connectivity index (χ1) is 9.14. The molecular formula is C17H34N2. The lowest BCUT2D eigenvalue weighted by Gasteiger charge is -2.51. The van der Waals surface area contributed by atoms with Crippen LogP contribution in [0.1, 0.15) is 72.6 Å². The maximum absolute atomic E-state index is 3.87. The fourth-order valence-corrected chi connectivity index (χ4v) is 4.09. The van der Waals surface area contributed by atoms with Gasteiger partial charge in [0.1, 0.15) is 0 Å². The molecule has 1 unspecified atom stereocenters. The highest BCUT2D eigenvalue weighted by molar-refractivity contribution is 4.99. The number of nitrogens with one attached hydrogen (secondary N) is 1. The normalized spacial score (nSPS) is 36.3. The molecular weight excluding hydrogens is 232 g/mol. The molecule has 0 aromatic heterocycles. The Balaban J connectivity index is 2.05. The minimum absolute atomic E-state index is 0.384. The summed E-state index contributed by atoms with van der Waals surface area (Å²) >= 11 is 0. The molecule has 112 valence electrons. The number of nitrogens with zero attached hydrogens (tertiary/aromatic N) is 1. The summed E-state index contributed by atoms with van der Waals surface area (Å²) in [6, 6.07) is 1.63. The van der Waals surface area contributed by atoms with Crippen LogP contribution in [-0.4, -0.2) is 35.6 Å². The van der Waals surface area contributed by atoms with Gasteiger partial charge in [-0.25, -0.2) is 0 Å². The molecule has 2 nitrogen and oxygen atoms in total. The Labute approximate surface area is 120 Å². The van der Waals surface area contributed by atoms with E-state index < -0.39 is 0 Å². The van der Waals surface area contributed by atoms with Gasteiger partial charge in [-0.3, -0.25) is 4.90 Å². The second-order valence-electron chi connectivity index (χ2n) is 7.02. The molecule has 0 spiro atoms. The van der Waals surface area contributed by atoms with Crippen molar-refractivity contribution >= 4 is 0 Å². The van der Waals surface area contributed by atoms with Crippen molar-refractivity contribution < 1.29 is 0 Å². The van der Waals surface area contributed by atoms with Crippen molar-refractivity contribution in [2.24, 2.45) is 5.92 Å². The first-order valence-corrected chi connectivity index (χ1v) is 8.64. The lowest BCUT2D eigenvalue weighted by molar-refractivity contribution is 0.0168. The standard InChI is InChI=1S/C17H34N2/c1-5-15-12-18-17(6-2,7-3)13-19(15)16-10-8-14(4)9-11-16/h14-16,18H,5-13H2,1-4H3. The van der Waals surface area contributed by atoms with Crippen LogP contribution in [0.3, 0.4) is 0 Å². The summed E-state index contributed by atoms with van der Waals surface area (Å²) in [6.07, 6.45) is 9.57. The molecule has 0 aromatic carbocycles. The van der Waals surface area contributed by atoms with Gasteiger partial charge in [-0.1, -0.05) is 27.7 Å². The molecule has 0 radical (unpaired) electrons. The molecule has 1 N–H and O–H groups in total. The molecule has 1 atom stereocenters. The smallest absolute Gasteiger partial charge is 0.0304 e. The van der Waals surface area contributed by atoms with E-state index in [4.69, 9.17) is 0 Å². The Morgan fingerprint density at radius 2 is 1.68 bits per heavy atom. The minimum Gasteiger partial charge on any atom is -0.308 e. The first kappa shape index (κ1) is 15.3. The van der Waals surface area contributed by atoms with Crippen molar-refractivity contribution in [3.8, 4) is 0 Å². The molecule has 1 aliphatic carbocycles. The first-order valence-electron chi connectivity index (χ1n) is 8.64. The summed E-state index contributed by atoms with van der Waals surface area (Å²) in [7, 11) is 0. The SMILES string of the molecule is CCC1CNC(CC)(CC)CN1C1CCC(C)CC1. The summed E-state index contributed by atoms with van der Waals surface area (Å²) in [4.78, 5) is 2.88. The Bertz CT molecular complexity index is 264. The topological polar surface area (TPSA) is 15.3 Å². The Morgan fingerprint density at radius 3 is 2.21 bits per heavy atom. The fourth-order valence-electron chi connectivity index (χ4n) is 4.09. The van der Waals surface area contributed by atoms with Crippen LogP contribution in [0.4, 0.5) is 0 Å². The van der Waals surface area contributed by atoms with Crippen molar-refractivity contribution in [1.29, 1.82) is 0 Å². The van der Waals surface area contributed by atoms with Gasteiger partial charge in [-0.2, -0.15) is 0 Å². The molecule has 2 heteroatoms. The second kappa shape index (κ2) is 6.58. The van der Waals surface area contributed by atoms with Gasteiger partial charge in [0.15, 0.2) is 0 Å². The van der Waals surface area contributed by atoms with E-state index in [2.05, 4.69) is 37.9 Å². The van der Waals surface area contributed by atoms with Gasteiger partial charge in [-0.15, -0.1) is 0 Å². The third-order valence-electron chi connectivity index (χ3n) is 5.95. The minimum atomic E-state index is 0.384. The molecule has 2 rings (SSSR count). The van der Waals surface area contributed by atoms with Crippen LogP contribution < -0.4 is 5.32 Å². The Kier molecular flexibility index (Phi) is 5.30. The summed E-state index contributed by atoms with van der Waals surface area (Å²) in [5.74, 6) is 0.960. The predicted octanol–water partition coefficient (Wildman–Crippen LogP) is 3.81. The number of rotatable bonds is 4. The molecule has 1 saturated carbocycles. The zero-order chi connectivity index (χ0) is 13.9. The predicted molar refractivity (Wildman–Crippen MR) is 83.5 cm³/mol.